The van der Waals surface area contributed by atoms with Crippen molar-refractivity contribution >= 4 is 0 Å². The van der Waals surface area contributed by atoms with Crippen LogP contribution in [0, 0.1) is 5.41 Å². The maximum Gasteiger partial charge on any atom is 0.0946 e. The number of ether oxygens (including phenoxy) is 1. The number of rotatable bonds is 6. The van der Waals surface area contributed by atoms with E-state index in [4.69, 9.17) is 4.74 Å². The van der Waals surface area contributed by atoms with Gasteiger partial charge in [-0.2, -0.15) is 0 Å². The summed E-state index contributed by atoms with van der Waals surface area (Å²) < 4.78 is 8.14. The maximum atomic E-state index is 6.00. The van der Waals surface area contributed by atoms with Crippen molar-refractivity contribution in [1.29, 1.82) is 0 Å². The molecule has 2 atom stereocenters. The molecule has 0 amide bonds. The van der Waals surface area contributed by atoms with Gasteiger partial charge in [0.05, 0.1) is 12.4 Å². The van der Waals surface area contributed by atoms with Crippen LogP contribution in [0.2, 0.25) is 0 Å². The molecule has 2 aliphatic carbocycles. The van der Waals surface area contributed by atoms with Gasteiger partial charge in [-0.15, -0.1) is 0 Å². The van der Waals surface area contributed by atoms with Gasteiger partial charge < -0.3 is 14.6 Å². The normalized spacial score (nSPS) is 28.4. The van der Waals surface area contributed by atoms with Crippen LogP contribution in [0.15, 0.2) is 18.7 Å². The fraction of sp³-hybridized carbons (Fsp3) is 0.812. The SMILES string of the molecule is CCOC1CC(NCCn2ccnc2)C12CCCCC2. The van der Waals surface area contributed by atoms with E-state index in [9.17, 15) is 0 Å². The summed E-state index contributed by atoms with van der Waals surface area (Å²) in [6.07, 6.45) is 14.3. The van der Waals surface area contributed by atoms with Crippen molar-refractivity contribution in [3.05, 3.63) is 18.7 Å². The molecule has 2 fully saturated rings. The number of nitrogens with zero attached hydrogens (tertiary/aromatic N) is 2. The maximum absolute atomic E-state index is 6.00. The molecule has 1 aromatic rings. The van der Waals surface area contributed by atoms with Crippen LogP contribution in [0.1, 0.15) is 45.4 Å². The Bertz CT molecular complexity index is 398. The summed E-state index contributed by atoms with van der Waals surface area (Å²) in [5.74, 6) is 0. The molecule has 0 aliphatic heterocycles. The third-order valence-corrected chi connectivity index (χ3v) is 5.26. The fourth-order valence-corrected chi connectivity index (χ4v) is 4.14. The first-order valence-electron chi connectivity index (χ1n) is 8.16. The van der Waals surface area contributed by atoms with Crippen molar-refractivity contribution in [2.75, 3.05) is 13.2 Å². The quantitative estimate of drug-likeness (QED) is 0.868. The number of imidazole rings is 1. The number of hydrogen-bond donors (Lipinski definition) is 1. The third-order valence-electron chi connectivity index (χ3n) is 5.26. The van der Waals surface area contributed by atoms with Crippen molar-refractivity contribution in [2.24, 2.45) is 5.41 Å². The molecule has 0 aromatic carbocycles. The Morgan fingerprint density at radius 2 is 2.20 bits per heavy atom. The standard InChI is InChI=1S/C16H27N3O/c1-2-20-15-12-14(16(15)6-4-3-5-7-16)18-9-11-19-10-8-17-13-19/h8,10,13-15,18H,2-7,9,11-12H2,1H3. The lowest BCUT2D eigenvalue weighted by Gasteiger charge is -2.58. The lowest BCUT2D eigenvalue weighted by atomic mass is 9.55. The topological polar surface area (TPSA) is 39.1 Å². The van der Waals surface area contributed by atoms with Crippen molar-refractivity contribution in [3.8, 4) is 0 Å². The molecule has 3 rings (SSSR count). The molecule has 112 valence electrons. The highest BCUT2D eigenvalue weighted by molar-refractivity contribution is 5.08. The second-order valence-electron chi connectivity index (χ2n) is 6.28. The number of aromatic nitrogens is 2. The smallest absolute Gasteiger partial charge is 0.0946 e. The van der Waals surface area contributed by atoms with Gasteiger partial charge >= 0.3 is 0 Å². The summed E-state index contributed by atoms with van der Waals surface area (Å²) in [5, 5.41) is 3.78. The van der Waals surface area contributed by atoms with Crippen molar-refractivity contribution in [1.82, 2.24) is 14.9 Å². The van der Waals surface area contributed by atoms with Gasteiger partial charge in [0.2, 0.25) is 0 Å². The van der Waals surface area contributed by atoms with E-state index in [2.05, 4.69) is 21.8 Å². The van der Waals surface area contributed by atoms with Gasteiger partial charge in [-0.3, -0.25) is 0 Å². The molecule has 0 bridgehead atoms. The summed E-state index contributed by atoms with van der Waals surface area (Å²) in [6.45, 7) is 5.01. The molecule has 20 heavy (non-hydrogen) atoms. The molecule has 1 spiro atoms. The fourth-order valence-electron chi connectivity index (χ4n) is 4.14. The lowest BCUT2D eigenvalue weighted by molar-refractivity contribution is -0.149. The van der Waals surface area contributed by atoms with Crippen LogP contribution in [-0.4, -0.2) is 34.8 Å². The van der Waals surface area contributed by atoms with Gasteiger partial charge in [0.15, 0.2) is 0 Å². The Morgan fingerprint density at radius 1 is 1.35 bits per heavy atom. The van der Waals surface area contributed by atoms with Gasteiger partial charge in [-0.05, 0) is 26.2 Å². The molecule has 2 unspecified atom stereocenters. The molecule has 2 aliphatic rings. The van der Waals surface area contributed by atoms with Crippen LogP contribution in [0.5, 0.6) is 0 Å². The van der Waals surface area contributed by atoms with E-state index in [1.54, 1.807) is 0 Å². The third kappa shape index (κ3) is 2.63. The first kappa shape index (κ1) is 14.1. The van der Waals surface area contributed by atoms with Crippen LogP contribution < -0.4 is 5.32 Å². The second kappa shape index (κ2) is 6.27. The Labute approximate surface area is 121 Å². The van der Waals surface area contributed by atoms with Crippen molar-refractivity contribution in [2.45, 2.75) is 64.1 Å². The highest BCUT2D eigenvalue weighted by Crippen LogP contribution is 2.53. The summed E-state index contributed by atoms with van der Waals surface area (Å²) >= 11 is 0. The average molecular weight is 277 g/mol. The van der Waals surface area contributed by atoms with E-state index in [0.717, 1.165) is 19.7 Å². The minimum absolute atomic E-state index is 0.434. The zero-order valence-corrected chi connectivity index (χ0v) is 12.6. The molecule has 0 radical (unpaired) electrons. The lowest BCUT2D eigenvalue weighted by Crippen LogP contribution is -2.64. The molecular weight excluding hydrogens is 250 g/mol. The number of nitrogens with one attached hydrogen (secondary N) is 1. The molecule has 2 saturated carbocycles. The molecule has 4 nitrogen and oxygen atoms in total. The van der Waals surface area contributed by atoms with Gasteiger partial charge in [0, 0.05) is 43.5 Å². The Morgan fingerprint density at radius 3 is 2.90 bits per heavy atom. The Balaban J connectivity index is 1.53. The monoisotopic (exact) mass is 277 g/mol. The second-order valence-corrected chi connectivity index (χ2v) is 6.28. The van der Waals surface area contributed by atoms with Crippen LogP contribution in [0.3, 0.4) is 0 Å². The van der Waals surface area contributed by atoms with Crippen molar-refractivity contribution < 1.29 is 4.74 Å². The Kier molecular flexibility index (Phi) is 4.41. The van der Waals surface area contributed by atoms with Crippen LogP contribution in [0.25, 0.3) is 0 Å². The van der Waals surface area contributed by atoms with Crippen LogP contribution in [-0.2, 0) is 11.3 Å². The van der Waals surface area contributed by atoms with Gasteiger partial charge in [-0.25, -0.2) is 4.98 Å². The van der Waals surface area contributed by atoms with Gasteiger partial charge in [0.1, 0.15) is 0 Å². The van der Waals surface area contributed by atoms with E-state index in [0.29, 0.717) is 17.6 Å². The van der Waals surface area contributed by atoms with E-state index < -0.39 is 0 Å². The predicted octanol–water partition coefficient (Wildman–Crippen LogP) is 2.60. The van der Waals surface area contributed by atoms with E-state index in [1.807, 2.05) is 18.7 Å². The molecule has 1 heterocycles. The molecule has 0 saturated heterocycles. The summed E-state index contributed by atoms with van der Waals surface area (Å²) in [5.41, 5.74) is 0.434. The Hall–Kier alpha value is -0.870. The van der Waals surface area contributed by atoms with E-state index in [-0.39, 0.29) is 0 Å². The first-order chi connectivity index (χ1) is 9.85. The molecule has 4 heteroatoms. The molecular formula is C16H27N3O. The van der Waals surface area contributed by atoms with Crippen LogP contribution >= 0.6 is 0 Å². The average Bonchev–Trinajstić information content (AvgIpc) is 3.00. The van der Waals surface area contributed by atoms with Gasteiger partial charge in [-0.1, -0.05) is 19.3 Å². The van der Waals surface area contributed by atoms with Crippen LogP contribution in [0.4, 0.5) is 0 Å². The van der Waals surface area contributed by atoms with E-state index >= 15 is 0 Å². The molecule has 1 aromatic heterocycles. The zero-order chi connectivity index (χ0) is 13.8. The molecule has 1 N–H and O–H groups in total. The first-order valence-corrected chi connectivity index (χ1v) is 8.16. The highest BCUT2D eigenvalue weighted by Gasteiger charge is 2.55. The summed E-state index contributed by atoms with van der Waals surface area (Å²) in [4.78, 5) is 4.09. The van der Waals surface area contributed by atoms with Gasteiger partial charge in [0.25, 0.3) is 0 Å². The summed E-state index contributed by atoms with van der Waals surface area (Å²) in [7, 11) is 0. The number of hydrogen-bond acceptors (Lipinski definition) is 3. The van der Waals surface area contributed by atoms with E-state index in [1.165, 1.54) is 38.5 Å². The highest BCUT2D eigenvalue weighted by atomic mass is 16.5. The largest absolute Gasteiger partial charge is 0.378 e. The minimum Gasteiger partial charge on any atom is -0.378 e. The summed E-state index contributed by atoms with van der Waals surface area (Å²) in [6, 6.07) is 0.655. The zero-order valence-electron chi connectivity index (χ0n) is 12.6. The predicted molar refractivity (Wildman–Crippen MR) is 79.6 cm³/mol. The van der Waals surface area contributed by atoms with Crippen molar-refractivity contribution in [3.63, 3.8) is 0 Å². The minimum atomic E-state index is 0.434.